The molecule has 0 bridgehead atoms. The Morgan fingerprint density at radius 1 is 1.36 bits per heavy atom. The van der Waals surface area contributed by atoms with Gasteiger partial charge in [0.2, 0.25) is 5.91 Å². The highest BCUT2D eigenvalue weighted by atomic mass is 35.5. The van der Waals surface area contributed by atoms with Gasteiger partial charge in [-0.2, -0.15) is 0 Å². The monoisotopic (exact) mass is 363 g/mol. The number of hydrogen-bond acceptors (Lipinski definition) is 3. The Morgan fingerprint density at radius 2 is 2.18 bits per heavy atom. The Bertz CT molecular complexity index is 541. The zero-order chi connectivity index (χ0) is 14.8. The molecular weight excluding hydrogens is 345 g/mol. The van der Waals surface area contributed by atoms with Crippen LogP contribution in [0.2, 0.25) is 10.0 Å². The van der Waals surface area contributed by atoms with E-state index in [1.165, 1.54) is 6.42 Å². The van der Waals surface area contributed by atoms with Crippen LogP contribution in [-0.4, -0.2) is 43.0 Å². The van der Waals surface area contributed by atoms with Crippen LogP contribution in [0.5, 0.6) is 0 Å². The minimum atomic E-state index is -0.0384. The van der Waals surface area contributed by atoms with Crippen LogP contribution in [-0.2, 0) is 4.79 Å². The van der Waals surface area contributed by atoms with Gasteiger partial charge in [-0.05, 0) is 37.4 Å². The molecule has 0 aromatic heterocycles. The van der Waals surface area contributed by atoms with E-state index < -0.39 is 0 Å². The summed E-state index contributed by atoms with van der Waals surface area (Å²) in [4.78, 5) is 14.4. The molecular formula is C15H20Cl3N3O. The standard InChI is InChI=1S/C15H19Cl2N3O.ClH/c16-11-2-1-3-13(15(11)17)19-14(21)9-20-7-5-12-10(8-20)4-6-18-12;/h1-3,10,12,18H,4-9H2,(H,19,21);1H. The summed E-state index contributed by atoms with van der Waals surface area (Å²) in [7, 11) is 0. The lowest BCUT2D eigenvalue weighted by atomic mass is 9.93. The summed E-state index contributed by atoms with van der Waals surface area (Å²) >= 11 is 12.0. The van der Waals surface area contributed by atoms with Gasteiger partial charge in [0.25, 0.3) is 0 Å². The van der Waals surface area contributed by atoms with Crippen LogP contribution in [0.1, 0.15) is 12.8 Å². The molecule has 0 aliphatic carbocycles. The van der Waals surface area contributed by atoms with Crippen molar-refractivity contribution in [2.75, 3.05) is 31.5 Å². The first kappa shape index (κ1) is 17.8. The molecule has 0 spiro atoms. The predicted octanol–water partition coefficient (Wildman–Crippen LogP) is 3.04. The molecule has 3 rings (SSSR count). The van der Waals surface area contributed by atoms with Gasteiger partial charge in [0.05, 0.1) is 22.3 Å². The summed E-state index contributed by atoms with van der Waals surface area (Å²) in [6.45, 7) is 3.47. The molecule has 2 aliphatic rings. The summed E-state index contributed by atoms with van der Waals surface area (Å²) in [5.74, 6) is 0.643. The van der Waals surface area contributed by atoms with E-state index in [-0.39, 0.29) is 18.3 Å². The number of anilines is 1. The van der Waals surface area contributed by atoms with E-state index in [9.17, 15) is 4.79 Å². The van der Waals surface area contributed by atoms with Gasteiger partial charge in [-0.25, -0.2) is 0 Å². The fraction of sp³-hybridized carbons (Fsp3) is 0.533. The predicted molar refractivity (Wildman–Crippen MR) is 93.3 cm³/mol. The van der Waals surface area contributed by atoms with Crippen molar-refractivity contribution >= 4 is 47.2 Å². The number of nitrogens with zero attached hydrogens (tertiary/aromatic N) is 1. The fourth-order valence-corrected chi connectivity index (χ4v) is 3.61. The smallest absolute Gasteiger partial charge is 0.238 e. The minimum Gasteiger partial charge on any atom is -0.324 e. The SMILES string of the molecule is Cl.O=C(CN1CCC2NCCC2C1)Nc1cccc(Cl)c1Cl. The molecule has 2 fully saturated rings. The highest BCUT2D eigenvalue weighted by Crippen LogP contribution is 2.29. The molecule has 2 atom stereocenters. The second-order valence-electron chi connectivity index (χ2n) is 5.78. The maximum absolute atomic E-state index is 12.2. The molecule has 2 N–H and O–H groups in total. The summed E-state index contributed by atoms with van der Waals surface area (Å²) < 4.78 is 0. The molecule has 122 valence electrons. The van der Waals surface area contributed by atoms with E-state index in [0.717, 1.165) is 26.1 Å². The maximum atomic E-state index is 12.2. The fourth-order valence-electron chi connectivity index (χ4n) is 3.26. The molecule has 2 heterocycles. The third kappa shape index (κ3) is 4.06. The molecule has 1 aromatic carbocycles. The van der Waals surface area contributed by atoms with Crippen molar-refractivity contribution in [1.82, 2.24) is 10.2 Å². The maximum Gasteiger partial charge on any atom is 0.238 e. The Morgan fingerprint density at radius 3 is 3.00 bits per heavy atom. The molecule has 1 amide bonds. The third-order valence-corrected chi connectivity index (χ3v) is 5.15. The van der Waals surface area contributed by atoms with E-state index in [1.54, 1.807) is 18.2 Å². The molecule has 7 heteroatoms. The minimum absolute atomic E-state index is 0. The second-order valence-corrected chi connectivity index (χ2v) is 6.57. The topological polar surface area (TPSA) is 44.4 Å². The van der Waals surface area contributed by atoms with Crippen molar-refractivity contribution in [3.05, 3.63) is 28.2 Å². The molecule has 22 heavy (non-hydrogen) atoms. The number of piperidine rings is 1. The van der Waals surface area contributed by atoms with E-state index in [2.05, 4.69) is 15.5 Å². The number of hydrogen-bond donors (Lipinski definition) is 2. The number of likely N-dealkylation sites (tertiary alicyclic amines) is 1. The van der Waals surface area contributed by atoms with Gasteiger partial charge in [-0.1, -0.05) is 29.3 Å². The molecule has 2 unspecified atom stereocenters. The van der Waals surface area contributed by atoms with Crippen molar-refractivity contribution in [1.29, 1.82) is 0 Å². The Hall–Kier alpha value is -0.520. The number of fused-ring (bicyclic) bond motifs is 1. The number of carbonyl (C=O) groups is 1. The van der Waals surface area contributed by atoms with Crippen molar-refractivity contribution < 1.29 is 4.79 Å². The number of rotatable bonds is 3. The number of halogens is 3. The largest absolute Gasteiger partial charge is 0.324 e. The zero-order valence-electron chi connectivity index (χ0n) is 12.1. The Labute approximate surface area is 146 Å². The molecule has 4 nitrogen and oxygen atoms in total. The van der Waals surface area contributed by atoms with Crippen LogP contribution in [0.4, 0.5) is 5.69 Å². The summed E-state index contributed by atoms with van der Waals surface area (Å²) in [5.41, 5.74) is 0.576. The average molecular weight is 365 g/mol. The van der Waals surface area contributed by atoms with Gasteiger partial charge in [0.1, 0.15) is 0 Å². The lowest BCUT2D eigenvalue weighted by molar-refractivity contribution is -0.117. The van der Waals surface area contributed by atoms with Gasteiger partial charge >= 0.3 is 0 Å². The highest BCUT2D eigenvalue weighted by molar-refractivity contribution is 6.43. The second kappa shape index (κ2) is 7.84. The number of nitrogens with one attached hydrogen (secondary N) is 2. The summed E-state index contributed by atoms with van der Waals surface area (Å²) in [5, 5.41) is 7.22. The molecule has 2 saturated heterocycles. The van der Waals surface area contributed by atoms with Crippen molar-refractivity contribution in [2.45, 2.75) is 18.9 Å². The number of amides is 1. The van der Waals surface area contributed by atoms with Gasteiger partial charge in [-0.15, -0.1) is 12.4 Å². The number of benzene rings is 1. The van der Waals surface area contributed by atoms with Crippen LogP contribution in [0.15, 0.2) is 18.2 Å². The highest BCUT2D eigenvalue weighted by Gasteiger charge is 2.32. The van der Waals surface area contributed by atoms with E-state index in [1.807, 2.05) is 0 Å². The van der Waals surface area contributed by atoms with Gasteiger partial charge < -0.3 is 10.6 Å². The molecule has 0 radical (unpaired) electrons. The van der Waals surface area contributed by atoms with Crippen LogP contribution < -0.4 is 10.6 Å². The summed E-state index contributed by atoms with van der Waals surface area (Å²) in [6.07, 6.45) is 2.33. The van der Waals surface area contributed by atoms with Gasteiger partial charge in [0, 0.05) is 19.1 Å². The first-order valence-electron chi connectivity index (χ1n) is 7.33. The van der Waals surface area contributed by atoms with Gasteiger partial charge in [0.15, 0.2) is 0 Å². The first-order chi connectivity index (χ1) is 10.1. The van der Waals surface area contributed by atoms with Crippen LogP contribution in [0, 0.1) is 5.92 Å². The summed E-state index contributed by atoms with van der Waals surface area (Å²) in [6, 6.07) is 5.89. The normalized spacial score (nSPS) is 24.5. The lowest BCUT2D eigenvalue weighted by Crippen LogP contribution is -2.46. The van der Waals surface area contributed by atoms with E-state index in [0.29, 0.717) is 34.2 Å². The number of carbonyl (C=O) groups excluding carboxylic acids is 1. The van der Waals surface area contributed by atoms with E-state index >= 15 is 0 Å². The van der Waals surface area contributed by atoms with Crippen LogP contribution >= 0.6 is 35.6 Å². The van der Waals surface area contributed by atoms with Gasteiger partial charge in [-0.3, -0.25) is 9.69 Å². The molecule has 0 saturated carbocycles. The van der Waals surface area contributed by atoms with Crippen molar-refractivity contribution in [2.24, 2.45) is 5.92 Å². The Kier molecular flexibility index (Phi) is 6.36. The average Bonchev–Trinajstić information content (AvgIpc) is 2.91. The van der Waals surface area contributed by atoms with Crippen molar-refractivity contribution in [3.63, 3.8) is 0 Å². The molecule has 2 aliphatic heterocycles. The molecule has 1 aromatic rings. The lowest BCUT2D eigenvalue weighted by Gasteiger charge is -2.34. The first-order valence-corrected chi connectivity index (χ1v) is 8.08. The van der Waals surface area contributed by atoms with Crippen molar-refractivity contribution in [3.8, 4) is 0 Å². The van der Waals surface area contributed by atoms with E-state index in [4.69, 9.17) is 23.2 Å². The zero-order valence-corrected chi connectivity index (χ0v) is 14.5. The Balaban J connectivity index is 0.00000176. The third-order valence-electron chi connectivity index (χ3n) is 4.33. The quantitative estimate of drug-likeness (QED) is 0.866. The van der Waals surface area contributed by atoms with Crippen LogP contribution in [0.25, 0.3) is 0 Å². The van der Waals surface area contributed by atoms with Crippen LogP contribution in [0.3, 0.4) is 0 Å².